The van der Waals surface area contributed by atoms with Crippen LogP contribution in [0.1, 0.15) is 31.7 Å². The zero-order valence-electron chi connectivity index (χ0n) is 8.23. The van der Waals surface area contributed by atoms with Crippen LogP contribution in [0.15, 0.2) is 12.4 Å². The van der Waals surface area contributed by atoms with Gasteiger partial charge in [0, 0.05) is 18.3 Å². The number of nitrogens with zero attached hydrogens (tertiary/aromatic N) is 2. The second-order valence-electron chi connectivity index (χ2n) is 3.83. The van der Waals surface area contributed by atoms with Crippen molar-refractivity contribution in [2.75, 3.05) is 0 Å². The fourth-order valence-electron chi connectivity index (χ4n) is 1.94. The van der Waals surface area contributed by atoms with Gasteiger partial charge >= 0.3 is 5.97 Å². The molecule has 0 bridgehead atoms. The smallest absolute Gasteiger partial charge is 0.314 e. The zero-order chi connectivity index (χ0) is 10.2. The van der Waals surface area contributed by atoms with Gasteiger partial charge in [-0.25, -0.2) is 0 Å². The van der Waals surface area contributed by atoms with Gasteiger partial charge in [0.25, 0.3) is 0 Å². The summed E-state index contributed by atoms with van der Waals surface area (Å²) in [5.41, 5.74) is 0.228. The van der Waals surface area contributed by atoms with Crippen LogP contribution in [0.25, 0.3) is 0 Å². The van der Waals surface area contributed by atoms with Crippen molar-refractivity contribution in [3.63, 3.8) is 0 Å². The van der Waals surface area contributed by atoms with Gasteiger partial charge in [0.2, 0.25) is 0 Å². The summed E-state index contributed by atoms with van der Waals surface area (Å²) < 4.78 is 1.78. The zero-order valence-corrected chi connectivity index (χ0v) is 8.23. The molecule has 0 aromatic carbocycles. The van der Waals surface area contributed by atoms with Gasteiger partial charge in [0.1, 0.15) is 0 Å². The Morgan fingerprint density at radius 2 is 2.43 bits per heavy atom. The van der Waals surface area contributed by atoms with Crippen LogP contribution in [0.3, 0.4) is 0 Å². The summed E-state index contributed by atoms with van der Waals surface area (Å²) in [5.74, 6) is -0.709. The van der Waals surface area contributed by atoms with Gasteiger partial charge in [-0.15, -0.1) is 0 Å². The molecule has 4 heteroatoms. The van der Waals surface area contributed by atoms with Crippen LogP contribution >= 0.6 is 0 Å². The fourth-order valence-corrected chi connectivity index (χ4v) is 1.94. The van der Waals surface area contributed by atoms with Crippen LogP contribution < -0.4 is 0 Å². The molecule has 1 fully saturated rings. The molecule has 4 nitrogen and oxygen atoms in total. The fraction of sp³-hybridized carbons (Fsp3) is 0.600. The highest BCUT2D eigenvalue weighted by atomic mass is 16.4. The summed E-state index contributed by atoms with van der Waals surface area (Å²) in [5, 5.41) is 13.3. The van der Waals surface area contributed by atoms with Crippen LogP contribution in [-0.4, -0.2) is 20.9 Å². The highest BCUT2D eigenvalue weighted by Crippen LogP contribution is 2.43. The van der Waals surface area contributed by atoms with Crippen LogP contribution in [0.2, 0.25) is 0 Å². The van der Waals surface area contributed by atoms with Gasteiger partial charge in [0.05, 0.1) is 11.6 Å². The molecule has 76 valence electrons. The average Bonchev–Trinajstić information content (AvgIpc) is 2.50. The molecular weight excluding hydrogens is 180 g/mol. The molecule has 1 heterocycles. The minimum Gasteiger partial charge on any atom is -0.481 e. The number of aryl methyl sites for hydroxylation is 1. The van der Waals surface area contributed by atoms with Gasteiger partial charge in [0.15, 0.2) is 0 Å². The first-order valence-corrected chi connectivity index (χ1v) is 4.95. The van der Waals surface area contributed by atoms with Crippen molar-refractivity contribution < 1.29 is 9.90 Å². The monoisotopic (exact) mass is 194 g/mol. The van der Waals surface area contributed by atoms with Gasteiger partial charge in [-0.1, -0.05) is 6.42 Å². The Morgan fingerprint density at radius 1 is 1.71 bits per heavy atom. The number of hydrogen-bond acceptors (Lipinski definition) is 2. The minimum atomic E-state index is -0.709. The molecule has 14 heavy (non-hydrogen) atoms. The Labute approximate surface area is 82.5 Å². The van der Waals surface area contributed by atoms with E-state index in [-0.39, 0.29) is 0 Å². The summed E-state index contributed by atoms with van der Waals surface area (Å²) in [4.78, 5) is 11.2. The molecule has 0 unspecified atom stereocenters. The number of hydrogen-bond donors (Lipinski definition) is 1. The van der Waals surface area contributed by atoms with Crippen LogP contribution in [0, 0.1) is 0 Å². The van der Waals surface area contributed by atoms with E-state index >= 15 is 0 Å². The quantitative estimate of drug-likeness (QED) is 0.791. The summed E-state index contributed by atoms with van der Waals surface area (Å²) in [6, 6.07) is 0. The molecule has 0 saturated heterocycles. The van der Waals surface area contributed by atoms with Crippen LogP contribution in [0.5, 0.6) is 0 Å². The molecule has 1 aliphatic carbocycles. The van der Waals surface area contributed by atoms with E-state index in [1.165, 1.54) is 0 Å². The standard InChI is InChI=1S/C10H14N2O2/c1-2-12-7-8(6-11-12)10(9(13)14)4-3-5-10/h6-7H,2-5H2,1H3,(H,13,14). The molecule has 1 saturated carbocycles. The lowest BCUT2D eigenvalue weighted by atomic mass is 9.65. The Kier molecular flexibility index (Phi) is 2.06. The number of carboxylic acid groups (broad SMARTS) is 1. The molecule has 1 aromatic heterocycles. The molecule has 0 amide bonds. The maximum atomic E-state index is 11.2. The number of aromatic nitrogens is 2. The second kappa shape index (κ2) is 3.12. The summed E-state index contributed by atoms with van der Waals surface area (Å²) in [6.07, 6.45) is 6.04. The first kappa shape index (κ1) is 9.24. The van der Waals surface area contributed by atoms with E-state index in [0.29, 0.717) is 0 Å². The van der Waals surface area contributed by atoms with E-state index in [1.54, 1.807) is 10.9 Å². The molecule has 2 rings (SSSR count). The number of rotatable bonds is 3. The molecule has 0 radical (unpaired) electrons. The first-order valence-electron chi connectivity index (χ1n) is 4.95. The average molecular weight is 194 g/mol. The molecule has 0 spiro atoms. The lowest BCUT2D eigenvalue weighted by Gasteiger charge is -2.36. The predicted molar refractivity (Wildman–Crippen MR) is 51.1 cm³/mol. The van der Waals surface area contributed by atoms with E-state index in [0.717, 1.165) is 31.4 Å². The third-order valence-corrected chi connectivity index (χ3v) is 3.13. The van der Waals surface area contributed by atoms with Crippen molar-refractivity contribution in [3.05, 3.63) is 18.0 Å². The molecule has 0 aliphatic heterocycles. The van der Waals surface area contributed by atoms with Crippen molar-refractivity contribution >= 4 is 5.97 Å². The van der Waals surface area contributed by atoms with E-state index < -0.39 is 11.4 Å². The van der Waals surface area contributed by atoms with Crippen molar-refractivity contribution in [1.29, 1.82) is 0 Å². The molecular formula is C10H14N2O2. The Bertz CT molecular complexity index is 353. The van der Waals surface area contributed by atoms with Gasteiger partial charge in [-0.05, 0) is 19.8 Å². The minimum absolute atomic E-state index is 0.632. The van der Waals surface area contributed by atoms with Crippen molar-refractivity contribution in [3.8, 4) is 0 Å². The number of carboxylic acids is 1. The lowest BCUT2D eigenvalue weighted by molar-refractivity contribution is -0.147. The summed E-state index contributed by atoms with van der Waals surface area (Å²) >= 11 is 0. The second-order valence-corrected chi connectivity index (χ2v) is 3.83. The topological polar surface area (TPSA) is 55.1 Å². The molecule has 1 N–H and O–H groups in total. The highest BCUT2D eigenvalue weighted by molar-refractivity contribution is 5.82. The summed E-state index contributed by atoms with van der Waals surface area (Å²) in [6.45, 7) is 2.78. The number of carbonyl (C=O) groups is 1. The van der Waals surface area contributed by atoms with Crippen molar-refractivity contribution in [2.24, 2.45) is 0 Å². The van der Waals surface area contributed by atoms with Crippen LogP contribution in [0.4, 0.5) is 0 Å². The predicted octanol–water partition coefficient (Wildman–Crippen LogP) is 1.41. The van der Waals surface area contributed by atoms with E-state index in [1.807, 2.05) is 13.1 Å². The lowest BCUT2D eigenvalue weighted by Crippen LogP contribution is -2.42. The maximum Gasteiger partial charge on any atom is 0.314 e. The van der Waals surface area contributed by atoms with Crippen molar-refractivity contribution in [1.82, 2.24) is 9.78 Å². The Morgan fingerprint density at radius 3 is 2.79 bits per heavy atom. The van der Waals surface area contributed by atoms with Gasteiger partial charge in [-0.2, -0.15) is 5.10 Å². The van der Waals surface area contributed by atoms with Gasteiger partial charge in [-0.3, -0.25) is 9.48 Å². The normalized spacial score (nSPS) is 18.9. The molecule has 1 aliphatic rings. The SMILES string of the molecule is CCn1cc(C2(C(=O)O)CCC2)cn1. The highest BCUT2D eigenvalue weighted by Gasteiger charge is 2.46. The van der Waals surface area contributed by atoms with E-state index in [2.05, 4.69) is 5.10 Å². The van der Waals surface area contributed by atoms with E-state index in [9.17, 15) is 9.90 Å². The van der Waals surface area contributed by atoms with Crippen molar-refractivity contribution in [2.45, 2.75) is 38.1 Å². The summed E-state index contributed by atoms with van der Waals surface area (Å²) in [7, 11) is 0. The Hall–Kier alpha value is -1.32. The van der Waals surface area contributed by atoms with Gasteiger partial charge < -0.3 is 5.11 Å². The maximum absolute atomic E-state index is 11.2. The third kappa shape index (κ3) is 1.14. The largest absolute Gasteiger partial charge is 0.481 e. The Balaban J connectivity index is 2.32. The van der Waals surface area contributed by atoms with Crippen LogP contribution in [-0.2, 0) is 16.8 Å². The number of aliphatic carboxylic acids is 1. The van der Waals surface area contributed by atoms with E-state index in [4.69, 9.17) is 0 Å². The molecule has 1 aromatic rings. The first-order chi connectivity index (χ1) is 6.69. The molecule has 0 atom stereocenters. The third-order valence-electron chi connectivity index (χ3n) is 3.13.